The molecule has 0 aromatic rings. The molecule has 0 aromatic carbocycles. The van der Waals surface area contributed by atoms with Gasteiger partial charge in [0.05, 0.1) is 0 Å². The van der Waals surface area contributed by atoms with E-state index in [0.717, 1.165) is 12.3 Å². The van der Waals surface area contributed by atoms with E-state index in [4.69, 9.17) is 5.73 Å². The van der Waals surface area contributed by atoms with E-state index in [1.165, 1.54) is 38.8 Å². The first-order valence-electron chi connectivity index (χ1n) is 7.89. The molecule has 2 unspecified atom stereocenters. The van der Waals surface area contributed by atoms with Gasteiger partial charge in [-0.25, -0.2) is 0 Å². The second-order valence-corrected chi connectivity index (χ2v) is 7.15. The van der Waals surface area contributed by atoms with Crippen molar-refractivity contribution in [3.05, 3.63) is 0 Å². The van der Waals surface area contributed by atoms with Crippen molar-refractivity contribution >= 4 is 0 Å². The molecule has 1 heterocycles. The van der Waals surface area contributed by atoms with Crippen molar-refractivity contribution in [3.63, 3.8) is 0 Å². The van der Waals surface area contributed by atoms with Crippen LogP contribution in [0.5, 0.6) is 0 Å². The number of piperidine rings is 1. The Labute approximate surface area is 114 Å². The van der Waals surface area contributed by atoms with E-state index >= 15 is 0 Å². The zero-order valence-electron chi connectivity index (χ0n) is 13.2. The van der Waals surface area contributed by atoms with Crippen molar-refractivity contribution in [3.8, 4) is 0 Å². The summed E-state index contributed by atoms with van der Waals surface area (Å²) in [7, 11) is 0. The molecule has 18 heavy (non-hydrogen) atoms. The molecular weight excluding hydrogens is 220 g/mol. The molecule has 0 bridgehead atoms. The maximum atomic E-state index is 6.39. The summed E-state index contributed by atoms with van der Waals surface area (Å²) >= 11 is 0. The van der Waals surface area contributed by atoms with Crippen LogP contribution < -0.4 is 5.73 Å². The highest BCUT2D eigenvalue weighted by atomic mass is 15.2. The summed E-state index contributed by atoms with van der Waals surface area (Å²) in [5.74, 6) is 0.963. The molecule has 2 heteroatoms. The molecule has 1 aliphatic heterocycles. The Bertz CT molecular complexity index is 224. The minimum atomic E-state index is 0.285. The molecular formula is C16H34N2. The van der Waals surface area contributed by atoms with Crippen LogP contribution in [0, 0.1) is 11.3 Å². The first kappa shape index (κ1) is 16.0. The van der Waals surface area contributed by atoms with Crippen LogP contribution in [0.3, 0.4) is 0 Å². The van der Waals surface area contributed by atoms with Gasteiger partial charge in [0.2, 0.25) is 0 Å². The average Bonchev–Trinajstić information content (AvgIpc) is 2.30. The largest absolute Gasteiger partial charge is 0.326 e. The monoisotopic (exact) mass is 254 g/mol. The Balaban J connectivity index is 2.61. The van der Waals surface area contributed by atoms with Gasteiger partial charge in [0.15, 0.2) is 0 Å². The van der Waals surface area contributed by atoms with E-state index in [-0.39, 0.29) is 5.41 Å². The highest BCUT2D eigenvalue weighted by molar-refractivity contribution is 4.92. The summed E-state index contributed by atoms with van der Waals surface area (Å²) < 4.78 is 0. The fraction of sp³-hybridized carbons (Fsp3) is 1.00. The van der Waals surface area contributed by atoms with Gasteiger partial charge in [0, 0.05) is 12.1 Å². The van der Waals surface area contributed by atoms with E-state index in [9.17, 15) is 0 Å². The van der Waals surface area contributed by atoms with Gasteiger partial charge in [0.25, 0.3) is 0 Å². The van der Waals surface area contributed by atoms with Crippen molar-refractivity contribution in [1.82, 2.24) is 4.90 Å². The molecule has 1 saturated heterocycles. The lowest BCUT2D eigenvalue weighted by molar-refractivity contribution is 0.0447. The summed E-state index contributed by atoms with van der Waals surface area (Å²) in [5.41, 5.74) is 6.67. The van der Waals surface area contributed by atoms with E-state index in [2.05, 4.69) is 39.5 Å². The van der Waals surface area contributed by atoms with Gasteiger partial charge < -0.3 is 5.73 Å². The molecule has 0 aliphatic carbocycles. The van der Waals surface area contributed by atoms with Gasteiger partial charge in [0.1, 0.15) is 0 Å². The SMILES string of the molecule is CCCC1CCN(C(C(N)CC)C(C)(C)C)CC1. The van der Waals surface area contributed by atoms with E-state index in [1.54, 1.807) is 0 Å². The van der Waals surface area contributed by atoms with Gasteiger partial charge in [-0.2, -0.15) is 0 Å². The third-order valence-electron chi connectivity index (χ3n) is 4.50. The summed E-state index contributed by atoms with van der Waals surface area (Å²) in [6.45, 7) is 14.0. The van der Waals surface area contributed by atoms with Gasteiger partial charge in [-0.3, -0.25) is 4.90 Å². The standard InChI is InChI=1S/C16H34N2/c1-6-8-13-9-11-18(12-10-13)15(14(17)7-2)16(3,4)5/h13-15H,6-12,17H2,1-5H3. The molecule has 1 fully saturated rings. The topological polar surface area (TPSA) is 29.3 Å². The normalized spacial score (nSPS) is 23.0. The van der Waals surface area contributed by atoms with Crippen LogP contribution in [-0.2, 0) is 0 Å². The number of nitrogens with zero attached hydrogens (tertiary/aromatic N) is 1. The van der Waals surface area contributed by atoms with Gasteiger partial charge in [-0.1, -0.05) is 47.5 Å². The highest BCUT2D eigenvalue weighted by Gasteiger charge is 2.35. The molecule has 2 atom stereocenters. The molecule has 0 spiro atoms. The third-order valence-corrected chi connectivity index (χ3v) is 4.50. The zero-order valence-corrected chi connectivity index (χ0v) is 13.2. The van der Waals surface area contributed by atoms with Gasteiger partial charge >= 0.3 is 0 Å². The summed E-state index contributed by atoms with van der Waals surface area (Å²) in [6, 6.07) is 0.845. The van der Waals surface area contributed by atoms with Crippen LogP contribution in [0.25, 0.3) is 0 Å². The lowest BCUT2D eigenvalue weighted by Crippen LogP contribution is -2.56. The minimum absolute atomic E-state index is 0.285. The number of nitrogens with two attached hydrogens (primary N) is 1. The Morgan fingerprint density at radius 1 is 1.17 bits per heavy atom. The predicted octanol–water partition coefficient (Wildman–Crippen LogP) is 3.65. The molecule has 108 valence electrons. The van der Waals surface area contributed by atoms with Gasteiger partial charge in [-0.15, -0.1) is 0 Å². The maximum absolute atomic E-state index is 6.39. The van der Waals surface area contributed by atoms with E-state index < -0.39 is 0 Å². The highest BCUT2D eigenvalue weighted by Crippen LogP contribution is 2.31. The van der Waals surface area contributed by atoms with Crippen LogP contribution in [0.4, 0.5) is 0 Å². The first-order chi connectivity index (χ1) is 8.40. The molecule has 1 rings (SSSR count). The third kappa shape index (κ3) is 4.24. The van der Waals surface area contributed by atoms with Crippen LogP contribution in [0.1, 0.15) is 66.7 Å². The van der Waals surface area contributed by atoms with Crippen molar-refractivity contribution in [2.24, 2.45) is 17.1 Å². The quantitative estimate of drug-likeness (QED) is 0.811. The summed E-state index contributed by atoms with van der Waals surface area (Å²) in [5, 5.41) is 0. The van der Waals surface area contributed by atoms with Crippen molar-refractivity contribution in [1.29, 1.82) is 0 Å². The maximum Gasteiger partial charge on any atom is 0.0295 e. The molecule has 2 N–H and O–H groups in total. The van der Waals surface area contributed by atoms with Crippen LogP contribution >= 0.6 is 0 Å². The Kier molecular flexibility index (Phi) is 6.13. The van der Waals surface area contributed by atoms with Crippen molar-refractivity contribution in [2.75, 3.05) is 13.1 Å². The van der Waals surface area contributed by atoms with Crippen LogP contribution in [-0.4, -0.2) is 30.1 Å². The molecule has 0 saturated carbocycles. The van der Waals surface area contributed by atoms with E-state index in [1.807, 2.05) is 0 Å². The van der Waals surface area contributed by atoms with Gasteiger partial charge in [-0.05, 0) is 43.7 Å². The number of likely N-dealkylation sites (tertiary alicyclic amines) is 1. The Hall–Kier alpha value is -0.0800. The Morgan fingerprint density at radius 3 is 2.11 bits per heavy atom. The molecule has 0 amide bonds. The zero-order chi connectivity index (χ0) is 13.8. The average molecular weight is 254 g/mol. The first-order valence-corrected chi connectivity index (χ1v) is 7.89. The number of rotatable bonds is 5. The number of hydrogen-bond acceptors (Lipinski definition) is 2. The van der Waals surface area contributed by atoms with Crippen molar-refractivity contribution in [2.45, 2.75) is 78.8 Å². The summed E-state index contributed by atoms with van der Waals surface area (Å²) in [4.78, 5) is 2.67. The summed E-state index contributed by atoms with van der Waals surface area (Å²) in [6.07, 6.45) is 6.57. The molecule has 2 nitrogen and oxygen atoms in total. The fourth-order valence-corrected chi connectivity index (χ4v) is 3.61. The fourth-order valence-electron chi connectivity index (χ4n) is 3.61. The second kappa shape index (κ2) is 6.91. The predicted molar refractivity (Wildman–Crippen MR) is 80.7 cm³/mol. The smallest absolute Gasteiger partial charge is 0.0295 e. The lowest BCUT2D eigenvalue weighted by atomic mass is 9.79. The molecule has 0 aromatic heterocycles. The second-order valence-electron chi connectivity index (χ2n) is 7.15. The van der Waals surface area contributed by atoms with E-state index in [0.29, 0.717) is 12.1 Å². The van der Waals surface area contributed by atoms with Crippen molar-refractivity contribution < 1.29 is 0 Å². The number of hydrogen-bond donors (Lipinski definition) is 1. The molecule has 1 aliphatic rings. The van der Waals surface area contributed by atoms with Crippen LogP contribution in [0.2, 0.25) is 0 Å². The Morgan fingerprint density at radius 2 is 1.72 bits per heavy atom. The lowest BCUT2D eigenvalue weighted by Gasteiger charge is -2.46. The minimum Gasteiger partial charge on any atom is -0.326 e. The molecule has 0 radical (unpaired) electrons. The van der Waals surface area contributed by atoms with Crippen LogP contribution in [0.15, 0.2) is 0 Å².